The van der Waals surface area contributed by atoms with Crippen molar-refractivity contribution in [3.05, 3.63) is 29.6 Å². The van der Waals surface area contributed by atoms with Crippen molar-refractivity contribution in [3.8, 4) is 0 Å². The molecule has 0 saturated carbocycles. The molecule has 122 valence electrons. The molecule has 0 atom stereocenters. The molecule has 0 aliphatic carbocycles. The molecular formula is C17H29N5. The van der Waals surface area contributed by atoms with E-state index in [0.29, 0.717) is 6.54 Å². The molecule has 0 unspecified atom stereocenters. The zero-order valence-corrected chi connectivity index (χ0v) is 13.9. The van der Waals surface area contributed by atoms with Crippen LogP contribution in [0.1, 0.15) is 37.6 Å². The van der Waals surface area contributed by atoms with Gasteiger partial charge in [0.1, 0.15) is 0 Å². The van der Waals surface area contributed by atoms with Gasteiger partial charge in [-0.15, -0.1) is 0 Å². The first kappa shape index (κ1) is 16.7. The standard InChI is InChI=1S/C17H29N5/c1-3-18-17(19-10-13-22-11-5-4-6-12-22)20-14-16-9-7-8-15(2)21-16/h7-9H,3-6,10-14H2,1-2H3,(H2,18,19,20). The summed E-state index contributed by atoms with van der Waals surface area (Å²) in [7, 11) is 0. The molecule has 0 aromatic carbocycles. The predicted molar refractivity (Wildman–Crippen MR) is 92.1 cm³/mol. The third-order valence-electron chi connectivity index (χ3n) is 3.86. The Bertz CT molecular complexity index is 466. The minimum atomic E-state index is 0.612. The Kier molecular flexibility index (Phi) is 7.16. The topological polar surface area (TPSA) is 52.6 Å². The van der Waals surface area contributed by atoms with Crippen LogP contribution < -0.4 is 10.6 Å². The minimum Gasteiger partial charge on any atom is -0.357 e. The summed E-state index contributed by atoms with van der Waals surface area (Å²) < 4.78 is 0. The molecule has 1 aromatic rings. The Morgan fingerprint density at radius 3 is 2.77 bits per heavy atom. The normalized spacial score (nSPS) is 16.5. The largest absolute Gasteiger partial charge is 0.357 e. The Hall–Kier alpha value is -1.62. The molecule has 1 aromatic heterocycles. The third-order valence-corrected chi connectivity index (χ3v) is 3.86. The zero-order valence-electron chi connectivity index (χ0n) is 13.9. The van der Waals surface area contributed by atoms with Gasteiger partial charge >= 0.3 is 0 Å². The second kappa shape index (κ2) is 9.41. The van der Waals surface area contributed by atoms with E-state index in [9.17, 15) is 0 Å². The molecule has 0 amide bonds. The lowest BCUT2D eigenvalue weighted by Crippen LogP contribution is -2.42. The van der Waals surface area contributed by atoms with Crippen LogP contribution in [0.25, 0.3) is 0 Å². The first-order valence-electron chi connectivity index (χ1n) is 8.45. The van der Waals surface area contributed by atoms with E-state index in [1.165, 1.54) is 32.4 Å². The summed E-state index contributed by atoms with van der Waals surface area (Å²) in [5.41, 5.74) is 2.05. The van der Waals surface area contributed by atoms with Crippen LogP contribution in [-0.4, -0.2) is 48.6 Å². The van der Waals surface area contributed by atoms with E-state index < -0.39 is 0 Å². The second-order valence-corrected chi connectivity index (χ2v) is 5.79. The number of aliphatic imine (C=N–C) groups is 1. The smallest absolute Gasteiger partial charge is 0.191 e. The number of rotatable bonds is 6. The summed E-state index contributed by atoms with van der Waals surface area (Å²) in [6, 6.07) is 6.06. The van der Waals surface area contributed by atoms with Crippen molar-refractivity contribution >= 4 is 5.96 Å². The van der Waals surface area contributed by atoms with E-state index in [2.05, 4.69) is 32.4 Å². The highest BCUT2D eigenvalue weighted by Gasteiger charge is 2.09. The van der Waals surface area contributed by atoms with Gasteiger partial charge in [0.05, 0.1) is 12.2 Å². The number of guanidine groups is 1. The van der Waals surface area contributed by atoms with Crippen molar-refractivity contribution < 1.29 is 0 Å². The molecule has 22 heavy (non-hydrogen) atoms. The average Bonchev–Trinajstić information content (AvgIpc) is 2.54. The second-order valence-electron chi connectivity index (χ2n) is 5.79. The highest BCUT2D eigenvalue weighted by molar-refractivity contribution is 5.79. The summed E-state index contributed by atoms with van der Waals surface area (Å²) in [5, 5.41) is 6.72. The van der Waals surface area contributed by atoms with E-state index in [0.717, 1.165) is 37.0 Å². The average molecular weight is 303 g/mol. The Morgan fingerprint density at radius 1 is 1.23 bits per heavy atom. The molecule has 2 rings (SSSR count). The van der Waals surface area contributed by atoms with Crippen LogP contribution in [-0.2, 0) is 6.54 Å². The van der Waals surface area contributed by atoms with Gasteiger partial charge < -0.3 is 15.5 Å². The summed E-state index contributed by atoms with van der Waals surface area (Å²) in [5.74, 6) is 0.878. The SMILES string of the molecule is CCNC(=NCc1cccc(C)n1)NCCN1CCCCC1. The van der Waals surface area contributed by atoms with Crippen LogP contribution in [0.3, 0.4) is 0 Å². The van der Waals surface area contributed by atoms with Crippen molar-refractivity contribution in [2.24, 2.45) is 4.99 Å². The fraction of sp³-hybridized carbons (Fsp3) is 0.647. The van der Waals surface area contributed by atoms with E-state index >= 15 is 0 Å². The third kappa shape index (κ3) is 6.02. The summed E-state index contributed by atoms with van der Waals surface area (Å²) in [6.45, 7) is 10.1. The molecule has 5 heteroatoms. The van der Waals surface area contributed by atoms with Gasteiger partial charge in [-0.1, -0.05) is 12.5 Å². The lowest BCUT2D eigenvalue weighted by atomic mass is 10.1. The molecule has 1 fully saturated rings. The molecule has 1 aliphatic rings. The van der Waals surface area contributed by atoms with E-state index in [1.807, 2.05) is 25.1 Å². The number of aromatic nitrogens is 1. The quantitative estimate of drug-likeness (QED) is 0.623. The number of likely N-dealkylation sites (tertiary alicyclic amines) is 1. The van der Waals surface area contributed by atoms with Gasteiger partial charge in [-0.25, -0.2) is 4.99 Å². The molecule has 2 N–H and O–H groups in total. The number of pyridine rings is 1. The molecule has 0 bridgehead atoms. The van der Waals surface area contributed by atoms with Crippen LogP contribution in [0, 0.1) is 6.92 Å². The summed E-state index contributed by atoms with van der Waals surface area (Å²) >= 11 is 0. The Balaban J connectivity index is 1.79. The number of hydrogen-bond donors (Lipinski definition) is 2. The van der Waals surface area contributed by atoms with Crippen molar-refractivity contribution in [3.63, 3.8) is 0 Å². The molecule has 0 radical (unpaired) electrons. The van der Waals surface area contributed by atoms with Gasteiger partial charge in [-0.2, -0.15) is 0 Å². The number of nitrogens with zero attached hydrogens (tertiary/aromatic N) is 3. The minimum absolute atomic E-state index is 0.612. The zero-order chi connectivity index (χ0) is 15.6. The summed E-state index contributed by atoms with van der Waals surface area (Å²) in [4.78, 5) is 11.6. The fourth-order valence-electron chi connectivity index (χ4n) is 2.70. The van der Waals surface area contributed by atoms with E-state index in [4.69, 9.17) is 0 Å². The molecule has 2 heterocycles. The highest BCUT2D eigenvalue weighted by atomic mass is 15.2. The van der Waals surface area contributed by atoms with Gasteiger partial charge in [-0.05, 0) is 51.9 Å². The lowest BCUT2D eigenvalue weighted by molar-refractivity contribution is 0.232. The molecule has 5 nitrogen and oxygen atoms in total. The fourth-order valence-corrected chi connectivity index (χ4v) is 2.70. The van der Waals surface area contributed by atoms with Crippen molar-refractivity contribution in [2.75, 3.05) is 32.7 Å². The van der Waals surface area contributed by atoms with Crippen molar-refractivity contribution in [1.29, 1.82) is 0 Å². The van der Waals surface area contributed by atoms with Gasteiger partial charge in [0, 0.05) is 25.3 Å². The summed E-state index contributed by atoms with van der Waals surface area (Å²) in [6.07, 6.45) is 4.07. The predicted octanol–water partition coefficient (Wildman–Crippen LogP) is 1.93. The van der Waals surface area contributed by atoms with Gasteiger partial charge in [0.15, 0.2) is 5.96 Å². The van der Waals surface area contributed by atoms with Crippen LogP contribution in [0.5, 0.6) is 0 Å². The van der Waals surface area contributed by atoms with Crippen molar-refractivity contribution in [2.45, 2.75) is 39.7 Å². The Morgan fingerprint density at radius 2 is 2.05 bits per heavy atom. The van der Waals surface area contributed by atoms with Crippen LogP contribution in [0.4, 0.5) is 0 Å². The first-order chi connectivity index (χ1) is 10.8. The Labute approximate surface area is 134 Å². The molecule has 0 spiro atoms. The first-order valence-corrected chi connectivity index (χ1v) is 8.45. The molecular weight excluding hydrogens is 274 g/mol. The molecule has 1 saturated heterocycles. The monoisotopic (exact) mass is 303 g/mol. The van der Waals surface area contributed by atoms with Gasteiger partial charge in [-0.3, -0.25) is 4.98 Å². The van der Waals surface area contributed by atoms with Crippen LogP contribution in [0.15, 0.2) is 23.2 Å². The number of nitrogens with one attached hydrogen (secondary N) is 2. The maximum absolute atomic E-state index is 4.62. The maximum Gasteiger partial charge on any atom is 0.191 e. The van der Waals surface area contributed by atoms with Crippen molar-refractivity contribution in [1.82, 2.24) is 20.5 Å². The highest BCUT2D eigenvalue weighted by Crippen LogP contribution is 2.07. The maximum atomic E-state index is 4.62. The lowest BCUT2D eigenvalue weighted by Gasteiger charge is -2.26. The molecule has 1 aliphatic heterocycles. The van der Waals surface area contributed by atoms with E-state index in [-0.39, 0.29) is 0 Å². The van der Waals surface area contributed by atoms with Gasteiger partial charge in [0.2, 0.25) is 0 Å². The van der Waals surface area contributed by atoms with Gasteiger partial charge in [0.25, 0.3) is 0 Å². The van der Waals surface area contributed by atoms with Crippen LogP contribution in [0.2, 0.25) is 0 Å². The van der Waals surface area contributed by atoms with E-state index in [1.54, 1.807) is 0 Å². The number of hydrogen-bond acceptors (Lipinski definition) is 3. The number of aryl methyl sites for hydroxylation is 1. The number of piperidine rings is 1. The van der Waals surface area contributed by atoms with Crippen LogP contribution >= 0.6 is 0 Å².